The molecular formula is C16H22N2O2. The predicted molar refractivity (Wildman–Crippen MR) is 79.0 cm³/mol. The summed E-state index contributed by atoms with van der Waals surface area (Å²) >= 11 is 0. The van der Waals surface area contributed by atoms with Crippen LogP contribution >= 0.6 is 0 Å². The molecule has 0 aliphatic heterocycles. The molecule has 1 atom stereocenters. The maximum absolute atomic E-state index is 10.4. The van der Waals surface area contributed by atoms with Crippen molar-refractivity contribution in [2.24, 2.45) is 7.05 Å². The molecule has 4 heteroatoms. The molecule has 2 aromatic rings. The molecule has 1 aromatic carbocycles. The van der Waals surface area contributed by atoms with Crippen molar-refractivity contribution >= 4 is 0 Å². The van der Waals surface area contributed by atoms with Crippen LogP contribution in [0.3, 0.4) is 0 Å². The molecule has 0 saturated heterocycles. The van der Waals surface area contributed by atoms with Crippen LogP contribution in [0.1, 0.15) is 35.5 Å². The lowest BCUT2D eigenvalue weighted by Gasteiger charge is -2.12. The van der Waals surface area contributed by atoms with E-state index < -0.39 is 6.10 Å². The van der Waals surface area contributed by atoms with E-state index in [-0.39, 0.29) is 0 Å². The van der Waals surface area contributed by atoms with E-state index in [0.29, 0.717) is 13.0 Å². The molecule has 0 radical (unpaired) electrons. The van der Waals surface area contributed by atoms with Crippen LogP contribution < -0.4 is 4.74 Å². The first-order valence-corrected chi connectivity index (χ1v) is 6.92. The largest absolute Gasteiger partial charge is 0.494 e. The summed E-state index contributed by atoms with van der Waals surface area (Å²) < 4.78 is 7.26. The second-order valence-electron chi connectivity index (χ2n) is 4.99. The van der Waals surface area contributed by atoms with Gasteiger partial charge in [0, 0.05) is 19.2 Å². The zero-order valence-corrected chi connectivity index (χ0v) is 12.6. The van der Waals surface area contributed by atoms with Gasteiger partial charge >= 0.3 is 0 Å². The Labute approximate surface area is 120 Å². The van der Waals surface area contributed by atoms with Crippen LogP contribution in [-0.2, 0) is 13.5 Å². The van der Waals surface area contributed by atoms with Gasteiger partial charge < -0.3 is 9.84 Å². The van der Waals surface area contributed by atoms with Gasteiger partial charge in [-0.3, -0.25) is 4.68 Å². The summed E-state index contributed by atoms with van der Waals surface area (Å²) in [6.07, 6.45) is 0.0618. The molecule has 1 heterocycles. The van der Waals surface area contributed by atoms with Gasteiger partial charge in [0.15, 0.2) is 0 Å². The molecule has 0 aliphatic carbocycles. The second kappa shape index (κ2) is 6.09. The molecule has 0 bridgehead atoms. The summed E-state index contributed by atoms with van der Waals surface area (Å²) in [5.74, 6) is 0.831. The van der Waals surface area contributed by atoms with Crippen molar-refractivity contribution in [1.29, 1.82) is 0 Å². The lowest BCUT2D eigenvalue weighted by atomic mass is 10.00. The first-order valence-electron chi connectivity index (χ1n) is 6.92. The molecule has 0 amide bonds. The van der Waals surface area contributed by atoms with Crippen LogP contribution in [0.15, 0.2) is 24.3 Å². The number of aryl methyl sites for hydroxylation is 2. The van der Waals surface area contributed by atoms with Gasteiger partial charge in [0.1, 0.15) is 5.75 Å². The van der Waals surface area contributed by atoms with Crippen LogP contribution in [0.2, 0.25) is 0 Å². The molecule has 1 aromatic heterocycles. The van der Waals surface area contributed by atoms with Crippen LogP contribution in [-0.4, -0.2) is 21.5 Å². The van der Waals surface area contributed by atoms with E-state index >= 15 is 0 Å². The van der Waals surface area contributed by atoms with Crippen molar-refractivity contribution in [3.63, 3.8) is 0 Å². The van der Waals surface area contributed by atoms with Gasteiger partial charge in [-0.15, -0.1) is 0 Å². The molecule has 20 heavy (non-hydrogen) atoms. The Balaban J connectivity index is 2.13. The first-order chi connectivity index (χ1) is 9.52. The van der Waals surface area contributed by atoms with Gasteiger partial charge in [0.2, 0.25) is 0 Å². The zero-order valence-electron chi connectivity index (χ0n) is 12.6. The second-order valence-corrected chi connectivity index (χ2v) is 4.99. The summed E-state index contributed by atoms with van der Waals surface area (Å²) in [6.45, 7) is 6.61. The van der Waals surface area contributed by atoms with Gasteiger partial charge in [-0.1, -0.05) is 12.1 Å². The van der Waals surface area contributed by atoms with Gasteiger partial charge in [-0.05, 0) is 44.0 Å². The Kier molecular flexibility index (Phi) is 4.45. The number of hydrogen-bond acceptors (Lipinski definition) is 3. The number of benzene rings is 1. The van der Waals surface area contributed by atoms with Crippen molar-refractivity contribution in [3.05, 3.63) is 46.8 Å². The lowest BCUT2D eigenvalue weighted by Crippen LogP contribution is -2.04. The number of hydrogen-bond donors (Lipinski definition) is 1. The third-order valence-electron chi connectivity index (χ3n) is 3.63. The topological polar surface area (TPSA) is 47.3 Å². The molecule has 0 fully saturated rings. The first kappa shape index (κ1) is 14.6. The van der Waals surface area contributed by atoms with E-state index in [1.165, 1.54) is 0 Å². The summed E-state index contributed by atoms with van der Waals surface area (Å²) in [5, 5.41) is 14.8. The minimum atomic E-state index is -0.521. The van der Waals surface area contributed by atoms with Gasteiger partial charge in [-0.25, -0.2) is 0 Å². The van der Waals surface area contributed by atoms with Crippen LogP contribution in [0.25, 0.3) is 0 Å². The summed E-state index contributed by atoms with van der Waals surface area (Å²) in [6, 6.07) is 7.61. The Morgan fingerprint density at radius 3 is 2.40 bits per heavy atom. The molecule has 108 valence electrons. The number of rotatable bonds is 5. The summed E-state index contributed by atoms with van der Waals surface area (Å²) in [7, 11) is 1.93. The Morgan fingerprint density at radius 2 is 1.90 bits per heavy atom. The quantitative estimate of drug-likeness (QED) is 0.912. The SMILES string of the molecule is CCOc1ccc(C(O)Cc2c(C)nn(C)c2C)cc1. The predicted octanol–water partition coefficient (Wildman–Crippen LogP) is 2.71. The van der Waals surface area contributed by atoms with Crippen LogP contribution in [0.5, 0.6) is 5.75 Å². The van der Waals surface area contributed by atoms with Crippen molar-refractivity contribution in [1.82, 2.24) is 9.78 Å². The van der Waals surface area contributed by atoms with E-state index in [2.05, 4.69) is 5.10 Å². The van der Waals surface area contributed by atoms with Gasteiger partial charge in [0.05, 0.1) is 18.4 Å². The molecule has 1 unspecified atom stereocenters. The number of ether oxygens (including phenoxy) is 1. The monoisotopic (exact) mass is 274 g/mol. The standard InChI is InChI=1S/C16H22N2O2/c1-5-20-14-8-6-13(7-9-14)16(19)10-15-11(2)17-18(4)12(15)3/h6-9,16,19H,5,10H2,1-4H3. The van der Waals surface area contributed by atoms with Crippen LogP contribution in [0.4, 0.5) is 0 Å². The minimum absolute atomic E-state index is 0.521. The highest BCUT2D eigenvalue weighted by Gasteiger charge is 2.15. The molecule has 2 rings (SSSR count). The molecule has 0 aliphatic rings. The highest BCUT2D eigenvalue weighted by Crippen LogP contribution is 2.24. The van der Waals surface area contributed by atoms with Crippen LogP contribution in [0, 0.1) is 13.8 Å². The molecular weight excluding hydrogens is 252 g/mol. The van der Waals surface area contributed by atoms with Gasteiger partial charge in [0.25, 0.3) is 0 Å². The maximum Gasteiger partial charge on any atom is 0.119 e. The van der Waals surface area contributed by atoms with Crippen molar-refractivity contribution in [2.75, 3.05) is 6.61 Å². The molecule has 0 spiro atoms. The fraction of sp³-hybridized carbons (Fsp3) is 0.438. The zero-order chi connectivity index (χ0) is 14.7. The minimum Gasteiger partial charge on any atom is -0.494 e. The number of nitrogens with zero attached hydrogens (tertiary/aromatic N) is 2. The van der Waals surface area contributed by atoms with E-state index in [9.17, 15) is 5.11 Å². The number of aliphatic hydroxyl groups is 1. The van der Waals surface area contributed by atoms with E-state index in [1.807, 2.05) is 56.8 Å². The third kappa shape index (κ3) is 3.02. The molecule has 1 N–H and O–H groups in total. The van der Waals surface area contributed by atoms with Crippen molar-refractivity contribution in [2.45, 2.75) is 33.3 Å². The highest BCUT2D eigenvalue weighted by molar-refractivity contribution is 5.31. The fourth-order valence-corrected chi connectivity index (χ4v) is 2.38. The number of aromatic nitrogens is 2. The summed E-state index contributed by atoms with van der Waals surface area (Å²) in [4.78, 5) is 0. The molecule has 4 nitrogen and oxygen atoms in total. The average Bonchev–Trinajstić information content (AvgIpc) is 2.66. The van der Waals surface area contributed by atoms with Crippen molar-refractivity contribution < 1.29 is 9.84 Å². The Hall–Kier alpha value is -1.81. The average molecular weight is 274 g/mol. The maximum atomic E-state index is 10.4. The fourth-order valence-electron chi connectivity index (χ4n) is 2.38. The van der Waals surface area contributed by atoms with E-state index in [1.54, 1.807) is 0 Å². The van der Waals surface area contributed by atoms with E-state index in [0.717, 1.165) is 28.3 Å². The van der Waals surface area contributed by atoms with E-state index in [4.69, 9.17) is 4.74 Å². The Morgan fingerprint density at radius 1 is 1.25 bits per heavy atom. The third-order valence-corrected chi connectivity index (χ3v) is 3.63. The Bertz CT molecular complexity index is 573. The number of aliphatic hydroxyl groups excluding tert-OH is 1. The summed E-state index contributed by atoms with van der Waals surface area (Å²) in [5.41, 5.74) is 4.10. The smallest absolute Gasteiger partial charge is 0.119 e. The highest BCUT2D eigenvalue weighted by atomic mass is 16.5. The van der Waals surface area contributed by atoms with Crippen molar-refractivity contribution in [3.8, 4) is 5.75 Å². The normalized spacial score (nSPS) is 12.4. The van der Waals surface area contributed by atoms with Gasteiger partial charge in [-0.2, -0.15) is 5.10 Å². The lowest BCUT2D eigenvalue weighted by molar-refractivity contribution is 0.178. The molecule has 0 saturated carbocycles.